The molecule has 2 aliphatic heterocycles. The summed E-state index contributed by atoms with van der Waals surface area (Å²) in [5.41, 5.74) is 2.13. The molecule has 6 rings (SSSR count). The van der Waals surface area contributed by atoms with Crippen molar-refractivity contribution in [1.82, 2.24) is 9.80 Å². The zero-order chi connectivity index (χ0) is 31.2. The molecule has 2 atom stereocenters. The van der Waals surface area contributed by atoms with Gasteiger partial charge in [-0.3, -0.25) is 9.59 Å². The molecule has 1 aliphatic carbocycles. The minimum absolute atomic E-state index is 0.0105. The number of sulfone groups is 1. The summed E-state index contributed by atoms with van der Waals surface area (Å²) >= 11 is 12.6. The fourth-order valence-electron chi connectivity index (χ4n) is 7.18. The number of aryl methyl sites for hydroxylation is 1. The van der Waals surface area contributed by atoms with Gasteiger partial charge in [0.25, 0.3) is 0 Å². The first-order valence-electron chi connectivity index (χ1n) is 14.8. The van der Waals surface area contributed by atoms with E-state index < -0.39 is 26.4 Å². The SMILES string of the molecule is CC(=O)N1CCC(C(=O)N2CC[C@@]3(S(=O)(=O)c4ccc(F)cc4)c4ccc(OCc5c(Cl)cccc5Cl)cc4CC[C@@H]23)CC1. The number of ether oxygens (including phenoxy) is 1. The van der Waals surface area contributed by atoms with Gasteiger partial charge in [0.1, 0.15) is 22.9 Å². The van der Waals surface area contributed by atoms with Crippen LogP contribution in [-0.2, 0) is 37.2 Å². The first kappa shape index (κ1) is 30.9. The lowest BCUT2D eigenvalue weighted by atomic mass is 9.78. The largest absolute Gasteiger partial charge is 0.489 e. The highest BCUT2D eigenvalue weighted by atomic mass is 35.5. The van der Waals surface area contributed by atoms with Crippen LogP contribution in [0.2, 0.25) is 10.0 Å². The molecule has 2 heterocycles. The van der Waals surface area contributed by atoms with Crippen LogP contribution in [0, 0.1) is 11.7 Å². The van der Waals surface area contributed by atoms with E-state index in [0.29, 0.717) is 72.2 Å². The second-order valence-electron chi connectivity index (χ2n) is 11.8. The van der Waals surface area contributed by atoms with Crippen molar-refractivity contribution in [1.29, 1.82) is 0 Å². The number of nitrogens with zero attached hydrogens (tertiary/aromatic N) is 2. The summed E-state index contributed by atoms with van der Waals surface area (Å²) in [6.45, 7) is 2.98. The van der Waals surface area contributed by atoms with Crippen LogP contribution in [0.15, 0.2) is 65.6 Å². The van der Waals surface area contributed by atoms with Gasteiger partial charge >= 0.3 is 0 Å². The van der Waals surface area contributed by atoms with E-state index in [0.717, 1.165) is 17.7 Å². The quantitative estimate of drug-likeness (QED) is 0.295. The van der Waals surface area contributed by atoms with Gasteiger partial charge in [0, 0.05) is 48.1 Å². The van der Waals surface area contributed by atoms with E-state index in [2.05, 4.69) is 0 Å². The lowest BCUT2D eigenvalue weighted by Crippen LogP contribution is -2.53. The van der Waals surface area contributed by atoms with Gasteiger partial charge < -0.3 is 14.5 Å². The number of hydrogen-bond acceptors (Lipinski definition) is 5. The molecular weight excluding hydrogens is 626 g/mol. The number of amides is 2. The third kappa shape index (κ3) is 5.26. The van der Waals surface area contributed by atoms with Gasteiger partial charge in [0.2, 0.25) is 11.8 Å². The number of likely N-dealkylation sites (tertiary alicyclic amines) is 2. The predicted octanol–water partition coefficient (Wildman–Crippen LogP) is 6.19. The van der Waals surface area contributed by atoms with Crippen molar-refractivity contribution in [2.24, 2.45) is 5.92 Å². The molecule has 44 heavy (non-hydrogen) atoms. The Hall–Kier alpha value is -3.14. The van der Waals surface area contributed by atoms with Crippen LogP contribution < -0.4 is 4.74 Å². The highest BCUT2D eigenvalue weighted by Crippen LogP contribution is 2.53. The summed E-state index contributed by atoms with van der Waals surface area (Å²) in [4.78, 5) is 29.3. The molecule has 2 saturated heterocycles. The van der Waals surface area contributed by atoms with Gasteiger partial charge in [-0.1, -0.05) is 35.3 Å². The third-order valence-electron chi connectivity index (χ3n) is 9.48. The molecule has 3 aromatic rings. The van der Waals surface area contributed by atoms with Crippen molar-refractivity contribution < 1.29 is 27.1 Å². The fourth-order valence-corrected chi connectivity index (χ4v) is 10.1. The van der Waals surface area contributed by atoms with Gasteiger partial charge in [-0.25, -0.2) is 12.8 Å². The summed E-state index contributed by atoms with van der Waals surface area (Å²) < 4.78 is 47.8. The number of carbonyl (C=O) groups excluding carboxylic acids is 2. The molecule has 0 N–H and O–H groups in total. The minimum atomic E-state index is -4.08. The number of halogens is 3. The normalized spacial score (nSPS) is 22.0. The molecule has 2 amide bonds. The standard InChI is InChI=1S/C33H33Cl2FN2O5S/c1-21(39)37-16-13-22(14-17-37)32(40)38-18-15-33(44(41,42)26-9-6-24(36)7-10-26)28-11-8-25(19-23(28)5-12-31(33)38)43-20-27-29(34)3-2-4-30(27)35/h2-4,6-11,19,22,31H,5,12-18,20H2,1H3/t31-,33-/m1/s1. The van der Waals surface area contributed by atoms with Crippen LogP contribution in [0.4, 0.5) is 4.39 Å². The Labute approximate surface area is 266 Å². The van der Waals surface area contributed by atoms with Crippen LogP contribution in [0.3, 0.4) is 0 Å². The number of piperidine rings is 1. The highest BCUT2D eigenvalue weighted by Gasteiger charge is 2.61. The molecule has 0 saturated carbocycles. The van der Waals surface area contributed by atoms with Crippen molar-refractivity contribution in [3.05, 3.63) is 93.2 Å². The van der Waals surface area contributed by atoms with Crippen molar-refractivity contribution in [2.45, 2.75) is 61.3 Å². The van der Waals surface area contributed by atoms with E-state index in [1.54, 1.807) is 40.1 Å². The smallest absolute Gasteiger partial charge is 0.226 e. The number of benzene rings is 3. The second-order valence-corrected chi connectivity index (χ2v) is 14.8. The molecule has 0 radical (unpaired) electrons. The Kier molecular flexibility index (Phi) is 8.41. The monoisotopic (exact) mass is 658 g/mol. The summed E-state index contributed by atoms with van der Waals surface area (Å²) in [7, 11) is -4.08. The van der Waals surface area contributed by atoms with Crippen LogP contribution >= 0.6 is 23.2 Å². The van der Waals surface area contributed by atoms with E-state index in [9.17, 15) is 22.4 Å². The number of fused-ring (bicyclic) bond motifs is 3. The summed E-state index contributed by atoms with van der Waals surface area (Å²) in [5.74, 6) is -0.319. The van der Waals surface area contributed by atoms with Gasteiger partial charge in [-0.2, -0.15) is 0 Å². The average Bonchev–Trinajstić information content (AvgIpc) is 3.42. The van der Waals surface area contributed by atoms with Gasteiger partial charge in [-0.15, -0.1) is 0 Å². The number of hydrogen-bond donors (Lipinski definition) is 0. The zero-order valence-electron chi connectivity index (χ0n) is 24.3. The number of carbonyl (C=O) groups is 2. The van der Waals surface area contributed by atoms with Gasteiger partial charge in [0.15, 0.2) is 9.84 Å². The minimum Gasteiger partial charge on any atom is -0.489 e. The van der Waals surface area contributed by atoms with E-state index in [-0.39, 0.29) is 35.7 Å². The Bertz CT molecular complexity index is 1690. The maximum atomic E-state index is 14.6. The fraction of sp³-hybridized carbons (Fsp3) is 0.394. The van der Waals surface area contributed by atoms with Crippen molar-refractivity contribution in [3.8, 4) is 5.75 Å². The molecular formula is C33H33Cl2FN2O5S. The highest BCUT2D eigenvalue weighted by molar-refractivity contribution is 7.92. The Balaban J connectivity index is 1.35. The summed E-state index contributed by atoms with van der Waals surface area (Å²) in [5, 5.41) is 0.982. The topological polar surface area (TPSA) is 84.0 Å². The molecule has 7 nitrogen and oxygen atoms in total. The Morgan fingerprint density at radius 2 is 1.66 bits per heavy atom. The lowest BCUT2D eigenvalue weighted by molar-refractivity contribution is -0.141. The average molecular weight is 660 g/mol. The summed E-state index contributed by atoms with van der Waals surface area (Å²) in [6.07, 6.45) is 2.32. The molecule has 3 aromatic carbocycles. The lowest BCUT2D eigenvalue weighted by Gasteiger charge is -2.43. The zero-order valence-corrected chi connectivity index (χ0v) is 26.6. The van der Waals surface area contributed by atoms with Crippen molar-refractivity contribution >= 4 is 44.9 Å². The predicted molar refractivity (Wildman–Crippen MR) is 166 cm³/mol. The van der Waals surface area contributed by atoms with Crippen LogP contribution in [0.1, 0.15) is 49.3 Å². The van der Waals surface area contributed by atoms with Crippen molar-refractivity contribution in [3.63, 3.8) is 0 Å². The third-order valence-corrected chi connectivity index (χ3v) is 12.7. The molecule has 0 spiro atoms. The van der Waals surface area contributed by atoms with Crippen LogP contribution in [-0.4, -0.2) is 55.7 Å². The maximum absolute atomic E-state index is 14.6. The maximum Gasteiger partial charge on any atom is 0.226 e. The van der Waals surface area contributed by atoms with Gasteiger partial charge in [-0.05, 0) is 91.8 Å². The molecule has 3 aliphatic rings. The molecule has 0 unspecified atom stereocenters. The molecule has 11 heteroatoms. The molecule has 0 aromatic heterocycles. The summed E-state index contributed by atoms with van der Waals surface area (Å²) in [6, 6.07) is 15.0. The molecule has 2 fully saturated rings. The Morgan fingerprint density at radius 3 is 2.32 bits per heavy atom. The second kappa shape index (κ2) is 12.0. The van der Waals surface area contributed by atoms with Crippen LogP contribution in [0.5, 0.6) is 5.75 Å². The van der Waals surface area contributed by atoms with Gasteiger partial charge in [0.05, 0.1) is 10.9 Å². The molecule has 0 bridgehead atoms. The van der Waals surface area contributed by atoms with Crippen molar-refractivity contribution in [2.75, 3.05) is 19.6 Å². The van der Waals surface area contributed by atoms with E-state index in [4.69, 9.17) is 27.9 Å². The molecule has 232 valence electrons. The van der Waals surface area contributed by atoms with E-state index >= 15 is 0 Å². The van der Waals surface area contributed by atoms with Crippen LogP contribution in [0.25, 0.3) is 0 Å². The first-order valence-corrected chi connectivity index (χ1v) is 17.0. The van der Waals surface area contributed by atoms with E-state index in [1.165, 1.54) is 19.1 Å². The van der Waals surface area contributed by atoms with E-state index in [1.807, 2.05) is 6.07 Å². The number of rotatable bonds is 6. The Morgan fingerprint density at radius 1 is 0.977 bits per heavy atom. The first-order chi connectivity index (χ1) is 21.0.